The Morgan fingerprint density at radius 2 is 1.70 bits per heavy atom. The van der Waals surface area contributed by atoms with Crippen molar-refractivity contribution in [1.29, 1.82) is 0 Å². The summed E-state index contributed by atoms with van der Waals surface area (Å²) in [4.78, 5) is 12.4. The van der Waals surface area contributed by atoms with Crippen LogP contribution in [0.15, 0.2) is 71.6 Å². The number of fused-ring (bicyclic) bond motifs is 1. The average molecular weight is 461 g/mol. The Hall–Kier alpha value is -3.07. The monoisotopic (exact) mass is 460 g/mol. The number of anilines is 2. The van der Waals surface area contributed by atoms with Gasteiger partial charge in [0.2, 0.25) is 0 Å². The number of carbonyl (C=O) groups is 1. The fourth-order valence-electron chi connectivity index (χ4n) is 2.80. The molecular formula is C20H14Cl2N4O3S. The van der Waals surface area contributed by atoms with Crippen molar-refractivity contribution < 1.29 is 13.2 Å². The van der Waals surface area contributed by atoms with Crippen LogP contribution in [0.25, 0.3) is 10.9 Å². The molecule has 1 aromatic heterocycles. The summed E-state index contributed by atoms with van der Waals surface area (Å²) in [5, 5.41) is 10.6. The molecule has 4 aromatic rings. The third-order valence-corrected chi connectivity index (χ3v) is 6.40. The number of amides is 1. The maximum atomic E-state index is 12.7. The molecule has 0 aliphatic heterocycles. The molecule has 0 spiro atoms. The zero-order valence-electron chi connectivity index (χ0n) is 15.2. The number of H-pyrrole nitrogens is 1. The maximum Gasteiger partial charge on any atom is 0.261 e. The molecular weight excluding hydrogens is 447 g/mol. The topological polar surface area (TPSA) is 104 Å². The fourth-order valence-corrected chi connectivity index (χ4v) is 4.24. The molecule has 3 aromatic carbocycles. The normalized spacial score (nSPS) is 11.4. The van der Waals surface area contributed by atoms with Crippen molar-refractivity contribution in [1.82, 2.24) is 10.2 Å². The van der Waals surface area contributed by atoms with E-state index in [2.05, 4.69) is 20.2 Å². The molecule has 0 saturated heterocycles. The lowest BCUT2D eigenvalue weighted by Gasteiger charge is -2.09. The summed E-state index contributed by atoms with van der Waals surface area (Å²) >= 11 is 11.8. The van der Waals surface area contributed by atoms with Crippen LogP contribution in [0.2, 0.25) is 10.0 Å². The van der Waals surface area contributed by atoms with E-state index in [-0.39, 0.29) is 26.7 Å². The number of nitrogens with one attached hydrogen (secondary N) is 3. The van der Waals surface area contributed by atoms with Gasteiger partial charge in [0.15, 0.2) is 5.82 Å². The first kappa shape index (κ1) is 20.2. The number of aromatic nitrogens is 2. The van der Waals surface area contributed by atoms with Crippen molar-refractivity contribution in [3.63, 3.8) is 0 Å². The van der Waals surface area contributed by atoms with E-state index in [1.165, 1.54) is 18.2 Å². The lowest BCUT2D eigenvalue weighted by molar-refractivity contribution is 0.102. The third kappa shape index (κ3) is 4.11. The first-order valence-corrected chi connectivity index (χ1v) is 10.9. The fraction of sp³-hybridized carbons (Fsp3) is 0. The first-order valence-electron chi connectivity index (χ1n) is 8.66. The number of halogens is 2. The van der Waals surface area contributed by atoms with Gasteiger partial charge in [-0.25, -0.2) is 8.42 Å². The quantitative estimate of drug-likeness (QED) is 0.392. The number of hydrogen-bond acceptors (Lipinski definition) is 4. The molecule has 0 bridgehead atoms. The van der Waals surface area contributed by atoms with E-state index in [4.69, 9.17) is 23.2 Å². The number of aromatic amines is 1. The van der Waals surface area contributed by atoms with Crippen LogP contribution in [0, 0.1) is 0 Å². The van der Waals surface area contributed by atoms with Crippen LogP contribution in [-0.4, -0.2) is 24.5 Å². The molecule has 1 amide bonds. The van der Waals surface area contributed by atoms with Gasteiger partial charge in [-0.05, 0) is 48.5 Å². The SMILES string of the molecule is O=C(Nc1n[nH]c2ccc(NS(=O)(=O)c3ccc(Cl)c(Cl)c3)cc12)c1ccccc1. The van der Waals surface area contributed by atoms with Gasteiger partial charge in [0, 0.05) is 16.6 Å². The highest BCUT2D eigenvalue weighted by atomic mass is 35.5. The number of nitrogens with zero attached hydrogens (tertiary/aromatic N) is 1. The molecule has 3 N–H and O–H groups in total. The van der Waals surface area contributed by atoms with E-state index in [1.807, 2.05) is 6.07 Å². The molecule has 4 rings (SSSR count). The summed E-state index contributed by atoms with van der Waals surface area (Å²) in [6, 6.07) is 17.6. The molecule has 0 atom stereocenters. The van der Waals surface area contributed by atoms with Gasteiger partial charge in [0.1, 0.15) is 0 Å². The standard InChI is InChI=1S/C20H14Cl2N4O3S/c21-16-8-7-14(11-17(16)22)30(28,29)26-13-6-9-18-15(10-13)19(25-24-18)23-20(27)12-4-2-1-3-5-12/h1-11,26H,(H2,23,24,25,27). The molecule has 7 nitrogen and oxygen atoms in total. The second-order valence-electron chi connectivity index (χ2n) is 6.33. The minimum Gasteiger partial charge on any atom is -0.305 e. The molecule has 1 heterocycles. The third-order valence-electron chi connectivity index (χ3n) is 4.28. The van der Waals surface area contributed by atoms with Gasteiger partial charge < -0.3 is 5.32 Å². The van der Waals surface area contributed by atoms with Crippen molar-refractivity contribution in [3.8, 4) is 0 Å². The smallest absolute Gasteiger partial charge is 0.261 e. The minimum absolute atomic E-state index is 0.0261. The van der Waals surface area contributed by atoms with Gasteiger partial charge in [0.05, 0.1) is 20.5 Å². The van der Waals surface area contributed by atoms with E-state index < -0.39 is 10.0 Å². The predicted molar refractivity (Wildman–Crippen MR) is 118 cm³/mol. The van der Waals surface area contributed by atoms with Gasteiger partial charge in [-0.2, -0.15) is 5.10 Å². The van der Waals surface area contributed by atoms with E-state index in [0.717, 1.165) is 0 Å². The van der Waals surface area contributed by atoms with Crippen molar-refractivity contribution in [2.75, 3.05) is 10.0 Å². The zero-order valence-corrected chi connectivity index (χ0v) is 17.5. The molecule has 0 fully saturated rings. The lowest BCUT2D eigenvalue weighted by Crippen LogP contribution is -2.13. The summed E-state index contributed by atoms with van der Waals surface area (Å²) < 4.78 is 27.9. The number of sulfonamides is 1. The summed E-state index contributed by atoms with van der Waals surface area (Å²) in [7, 11) is -3.89. The van der Waals surface area contributed by atoms with Gasteiger partial charge >= 0.3 is 0 Å². The van der Waals surface area contributed by atoms with Crippen LogP contribution < -0.4 is 10.0 Å². The van der Waals surface area contributed by atoms with Crippen molar-refractivity contribution in [3.05, 3.63) is 82.3 Å². The molecule has 10 heteroatoms. The number of hydrogen-bond donors (Lipinski definition) is 3. The minimum atomic E-state index is -3.89. The van der Waals surface area contributed by atoms with Gasteiger partial charge in [-0.1, -0.05) is 41.4 Å². The van der Waals surface area contributed by atoms with Gasteiger partial charge in [-0.15, -0.1) is 0 Å². The first-order chi connectivity index (χ1) is 14.3. The van der Waals surface area contributed by atoms with E-state index in [9.17, 15) is 13.2 Å². The van der Waals surface area contributed by atoms with Crippen LogP contribution in [0.5, 0.6) is 0 Å². The highest BCUT2D eigenvalue weighted by Crippen LogP contribution is 2.28. The van der Waals surface area contributed by atoms with Crippen molar-refractivity contribution in [2.24, 2.45) is 0 Å². The summed E-state index contributed by atoms with van der Waals surface area (Å²) in [6.07, 6.45) is 0. The highest BCUT2D eigenvalue weighted by molar-refractivity contribution is 7.92. The second kappa shape index (κ2) is 7.98. The molecule has 30 heavy (non-hydrogen) atoms. The highest BCUT2D eigenvalue weighted by Gasteiger charge is 2.17. The van der Waals surface area contributed by atoms with E-state index in [0.29, 0.717) is 22.2 Å². The number of rotatable bonds is 5. The van der Waals surface area contributed by atoms with Crippen LogP contribution in [0.1, 0.15) is 10.4 Å². The molecule has 0 aliphatic rings. The molecule has 0 aliphatic carbocycles. The Morgan fingerprint density at radius 1 is 0.933 bits per heavy atom. The Bertz CT molecular complexity index is 1360. The van der Waals surface area contributed by atoms with Crippen LogP contribution >= 0.6 is 23.2 Å². The van der Waals surface area contributed by atoms with Crippen LogP contribution in [0.4, 0.5) is 11.5 Å². The largest absolute Gasteiger partial charge is 0.305 e. The lowest BCUT2D eigenvalue weighted by atomic mass is 10.2. The average Bonchev–Trinajstić information content (AvgIpc) is 3.12. The van der Waals surface area contributed by atoms with Crippen molar-refractivity contribution in [2.45, 2.75) is 4.90 Å². The summed E-state index contributed by atoms with van der Waals surface area (Å²) in [5.74, 6) is -0.0415. The number of carbonyl (C=O) groups excluding carboxylic acids is 1. The van der Waals surface area contributed by atoms with Gasteiger partial charge in [-0.3, -0.25) is 14.6 Å². The maximum absolute atomic E-state index is 12.7. The van der Waals surface area contributed by atoms with E-state index in [1.54, 1.807) is 42.5 Å². The van der Waals surface area contributed by atoms with Crippen molar-refractivity contribution >= 4 is 61.5 Å². The Kier molecular flexibility index (Phi) is 5.38. The zero-order chi connectivity index (χ0) is 21.3. The van der Waals surface area contributed by atoms with Crippen LogP contribution in [0.3, 0.4) is 0 Å². The molecule has 152 valence electrons. The molecule has 0 radical (unpaired) electrons. The molecule has 0 saturated carbocycles. The second-order valence-corrected chi connectivity index (χ2v) is 8.83. The summed E-state index contributed by atoms with van der Waals surface area (Å²) in [5.41, 5.74) is 1.41. The number of benzene rings is 3. The van der Waals surface area contributed by atoms with E-state index >= 15 is 0 Å². The van der Waals surface area contributed by atoms with Crippen LogP contribution in [-0.2, 0) is 10.0 Å². The Labute approximate surface area is 182 Å². The predicted octanol–water partition coefficient (Wildman–Crippen LogP) is 4.92. The Morgan fingerprint density at radius 3 is 2.43 bits per heavy atom. The molecule has 0 unspecified atom stereocenters. The summed E-state index contributed by atoms with van der Waals surface area (Å²) in [6.45, 7) is 0. The Balaban J connectivity index is 1.62. The van der Waals surface area contributed by atoms with Gasteiger partial charge in [0.25, 0.3) is 15.9 Å².